The molecule has 0 aliphatic carbocycles. The lowest BCUT2D eigenvalue weighted by molar-refractivity contribution is -0.138. The highest BCUT2D eigenvalue weighted by Gasteiger charge is 2.47. The molecule has 4 rings (SSSR count). The van der Waals surface area contributed by atoms with Crippen LogP contribution in [0.4, 0.5) is 0 Å². The molecule has 38 heavy (non-hydrogen) atoms. The van der Waals surface area contributed by atoms with Crippen LogP contribution in [-0.2, 0) is 21.2 Å². The van der Waals surface area contributed by atoms with Crippen LogP contribution in [0.15, 0.2) is 53.6 Å². The Morgan fingerprint density at radius 1 is 1.00 bits per heavy atom. The first kappa shape index (κ1) is 32.5. The van der Waals surface area contributed by atoms with Crippen molar-refractivity contribution in [1.82, 2.24) is 20.1 Å². The van der Waals surface area contributed by atoms with Crippen LogP contribution < -0.4 is 5.32 Å². The van der Waals surface area contributed by atoms with E-state index in [-0.39, 0.29) is 42.2 Å². The van der Waals surface area contributed by atoms with Gasteiger partial charge in [0, 0.05) is 32.1 Å². The zero-order chi connectivity index (χ0) is 25.8. The van der Waals surface area contributed by atoms with Gasteiger partial charge >= 0.3 is 0 Å². The maximum absolute atomic E-state index is 13.4. The first-order valence-electron chi connectivity index (χ1n) is 13.1. The fraction of sp³-hybridized carbons (Fsp3) is 0.571. The van der Waals surface area contributed by atoms with Gasteiger partial charge in [0.2, 0.25) is 5.91 Å². The van der Waals surface area contributed by atoms with Crippen LogP contribution in [0.3, 0.4) is 0 Å². The van der Waals surface area contributed by atoms with E-state index in [0.29, 0.717) is 17.4 Å². The Morgan fingerprint density at radius 3 is 2.24 bits per heavy atom. The summed E-state index contributed by atoms with van der Waals surface area (Å²) in [5.41, 5.74) is 1.83. The molecular formula is C28H42Cl2N4O3S. The van der Waals surface area contributed by atoms with Crippen LogP contribution in [0.5, 0.6) is 0 Å². The van der Waals surface area contributed by atoms with Gasteiger partial charge < -0.3 is 15.1 Å². The van der Waals surface area contributed by atoms with Crippen molar-refractivity contribution in [3.8, 4) is 0 Å². The number of likely N-dealkylation sites (tertiary alicyclic amines) is 2. The fourth-order valence-corrected chi connectivity index (χ4v) is 6.03. The molecule has 3 heterocycles. The van der Waals surface area contributed by atoms with Crippen LogP contribution in [0, 0.1) is 11.3 Å². The number of nitrogens with one attached hydrogen (secondary N) is 1. The molecule has 0 saturated carbocycles. The number of carbonyl (C=O) groups excluding carboxylic acids is 1. The van der Waals surface area contributed by atoms with Gasteiger partial charge in [-0.15, -0.1) is 24.8 Å². The number of amides is 1. The molecule has 1 atom stereocenters. The standard InChI is InChI=1S/C28H40N4O3S.2ClH/c1-22(2)20-30-26(25-6-4-5-15-29-25)11-16-31-17-12-28(13-18-31)14-19-32(27(28)33)21-23-7-9-24(10-8-23)36(3,34)35;;/h4-10,15,22,26,30H,11-14,16-21H2,1-3H3;2*1H. The number of aromatic nitrogens is 1. The Bertz CT molecular complexity index is 1120. The minimum absolute atomic E-state index is 0. The number of carbonyl (C=O) groups is 1. The predicted molar refractivity (Wildman–Crippen MR) is 157 cm³/mol. The fourth-order valence-electron chi connectivity index (χ4n) is 5.40. The molecule has 7 nitrogen and oxygen atoms in total. The number of halogens is 2. The van der Waals surface area contributed by atoms with Crippen molar-refractivity contribution in [3.63, 3.8) is 0 Å². The van der Waals surface area contributed by atoms with Crippen molar-refractivity contribution in [1.29, 1.82) is 0 Å². The monoisotopic (exact) mass is 584 g/mol. The number of nitrogens with zero attached hydrogens (tertiary/aromatic N) is 3. The molecule has 2 saturated heterocycles. The molecule has 2 aromatic rings. The molecule has 10 heteroatoms. The molecule has 0 bridgehead atoms. The maximum atomic E-state index is 13.4. The summed E-state index contributed by atoms with van der Waals surface area (Å²) in [6.45, 7) is 9.61. The molecule has 2 aliphatic heterocycles. The molecule has 2 aliphatic rings. The van der Waals surface area contributed by atoms with Crippen molar-refractivity contribution in [2.24, 2.45) is 11.3 Å². The summed E-state index contributed by atoms with van der Waals surface area (Å²) >= 11 is 0. The van der Waals surface area contributed by atoms with E-state index < -0.39 is 9.84 Å². The number of rotatable bonds is 10. The second-order valence-corrected chi connectivity index (χ2v) is 12.9. The van der Waals surface area contributed by atoms with E-state index in [1.807, 2.05) is 29.3 Å². The van der Waals surface area contributed by atoms with Gasteiger partial charge in [0.25, 0.3) is 0 Å². The normalized spacial score (nSPS) is 18.3. The predicted octanol–water partition coefficient (Wildman–Crippen LogP) is 4.52. The van der Waals surface area contributed by atoms with E-state index >= 15 is 0 Å². The summed E-state index contributed by atoms with van der Waals surface area (Å²) in [6.07, 6.45) is 6.80. The number of hydrogen-bond acceptors (Lipinski definition) is 6. The van der Waals surface area contributed by atoms with Crippen molar-refractivity contribution in [3.05, 3.63) is 59.9 Å². The summed E-state index contributed by atoms with van der Waals surface area (Å²) in [5.74, 6) is 0.847. The van der Waals surface area contributed by atoms with Gasteiger partial charge in [0.05, 0.1) is 22.0 Å². The number of pyridine rings is 1. The number of piperidine rings is 1. The van der Waals surface area contributed by atoms with Gasteiger partial charge in [-0.25, -0.2) is 8.42 Å². The Labute approximate surface area is 240 Å². The Morgan fingerprint density at radius 2 is 1.66 bits per heavy atom. The molecular weight excluding hydrogens is 543 g/mol. The van der Waals surface area contributed by atoms with Gasteiger partial charge in [-0.3, -0.25) is 9.78 Å². The second kappa shape index (κ2) is 14.1. The zero-order valence-electron chi connectivity index (χ0n) is 22.6. The Hall–Kier alpha value is -1.71. The quantitative estimate of drug-likeness (QED) is 0.442. The average Bonchev–Trinajstić information content (AvgIpc) is 3.15. The highest BCUT2D eigenvalue weighted by molar-refractivity contribution is 7.90. The van der Waals surface area contributed by atoms with Crippen molar-refractivity contribution >= 4 is 40.6 Å². The zero-order valence-corrected chi connectivity index (χ0v) is 25.1. The largest absolute Gasteiger partial charge is 0.338 e. The smallest absolute Gasteiger partial charge is 0.229 e. The van der Waals surface area contributed by atoms with E-state index in [1.165, 1.54) is 6.26 Å². The number of benzene rings is 1. The lowest BCUT2D eigenvalue weighted by atomic mass is 9.77. The summed E-state index contributed by atoms with van der Waals surface area (Å²) in [5, 5.41) is 3.69. The Kier molecular flexibility index (Phi) is 12.0. The second-order valence-electron chi connectivity index (χ2n) is 10.9. The average molecular weight is 586 g/mol. The van der Waals surface area contributed by atoms with Crippen LogP contribution in [0.25, 0.3) is 0 Å². The van der Waals surface area contributed by atoms with Gasteiger partial charge in [-0.2, -0.15) is 0 Å². The van der Waals surface area contributed by atoms with Gasteiger partial charge in [0.15, 0.2) is 9.84 Å². The molecule has 1 aromatic carbocycles. The molecule has 1 N–H and O–H groups in total. The van der Waals surface area contributed by atoms with Crippen molar-refractivity contribution < 1.29 is 13.2 Å². The van der Waals surface area contributed by atoms with Crippen LogP contribution in [0.1, 0.15) is 56.8 Å². The third-order valence-electron chi connectivity index (χ3n) is 7.69. The van der Waals surface area contributed by atoms with Gasteiger partial charge in [-0.1, -0.05) is 32.0 Å². The molecule has 2 fully saturated rings. The first-order valence-corrected chi connectivity index (χ1v) is 15.0. The van der Waals surface area contributed by atoms with Crippen LogP contribution in [0.2, 0.25) is 0 Å². The highest BCUT2D eigenvalue weighted by atomic mass is 35.5. The van der Waals surface area contributed by atoms with Crippen molar-refractivity contribution in [2.45, 2.75) is 57.0 Å². The van der Waals surface area contributed by atoms with Crippen molar-refractivity contribution in [2.75, 3.05) is 39.0 Å². The van der Waals surface area contributed by atoms with E-state index in [0.717, 1.165) is 69.7 Å². The van der Waals surface area contributed by atoms with Crippen LogP contribution >= 0.6 is 24.8 Å². The minimum Gasteiger partial charge on any atom is -0.338 e. The minimum atomic E-state index is -3.21. The van der Waals surface area contributed by atoms with Gasteiger partial charge in [0.1, 0.15) is 0 Å². The maximum Gasteiger partial charge on any atom is 0.229 e. The summed E-state index contributed by atoms with van der Waals surface area (Å²) < 4.78 is 23.4. The highest BCUT2D eigenvalue weighted by Crippen LogP contribution is 2.42. The topological polar surface area (TPSA) is 82.6 Å². The lowest BCUT2D eigenvalue weighted by Gasteiger charge is -2.38. The Balaban J connectivity index is 0.00000253. The molecule has 1 spiro atoms. The summed E-state index contributed by atoms with van der Waals surface area (Å²) in [4.78, 5) is 22.8. The molecule has 1 amide bonds. The number of sulfone groups is 1. The van der Waals surface area contributed by atoms with Crippen LogP contribution in [-0.4, -0.2) is 68.1 Å². The van der Waals surface area contributed by atoms with Gasteiger partial charge in [-0.05, 0) is 81.1 Å². The van der Waals surface area contributed by atoms with E-state index in [1.54, 1.807) is 12.1 Å². The third-order valence-corrected chi connectivity index (χ3v) is 8.82. The molecule has 212 valence electrons. The third kappa shape index (κ3) is 8.15. The summed E-state index contributed by atoms with van der Waals surface area (Å²) in [7, 11) is -3.21. The van der Waals surface area contributed by atoms with E-state index in [4.69, 9.17) is 0 Å². The molecule has 0 radical (unpaired) electrons. The first-order chi connectivity index (χ1) is 17.2. The summed E-state index contributed by atoms with van der Waals surface area (Å²) in [6, 6.07) is 13.3. The molecule has 1 aromatic heterocycles. The van der Waals surface area contributed by atoms with E-state index in [2.05, 4.69) is 41.2 Å². The lowest BCUT2D eigenvalue weighted by Crippen LogP contribution is -2.45. The van der Waals surface area contributed by atoms with E-state index in [9.17, 15) is 13.2 Å². The SMILES string of the molecule is CC(C)CNC(CCN1CCC2(CC1)CCN(Cc1ccc(S(C)(=O)=O)cc1)C2=O)c1ccccn1.Cl.Cl. The molecule has 1 unspecified atom stereocenters. The number of hydrogen-bond donors (Lipinski definition) is 1.